The Morgan fingerprint density at radius 2 is 0.781 bits per heavy atom. The van der Waals surface area contributed by atoms with E-state index in [4.69, 9.17) is 0 Å². The first-order chi connectivity index (χ1) is 13.8. The highest BCUT2D eigenvalue weighted by Crippen LogP contribution is 2.60. The molecule has 0 amide bonds. The molecule has 0 spiro atoms. The van der Waals surface area contributed by atoms with Crippen LogP contribution in [0.1, 0.15) is 11.1 Å². The van der Waals surface area contributed by atoms with Gasteiger partial charge in [0.05, 0.1) is 10.5 Å². The van der Waals surface area contributed by atoms with E-state index in [1.807, 2.05) is 0 Å². The molecule has 1 aromatic rings. The van der Waals surface area contributed by atoms with Gasteiger partial charge in [-0.05, 0) is 0 Å². The monoisotopic (exact) mass is 513 g/mol. The molecule has 32 heavy (non-hydrogen) atoms. The molecule has 0 radical (unpaired) electrons. The van der Waals surface area contributed by atoms with Gasteiger partial charge in [0.15, 0.2) is 5.82 Å². The maximum absolute atomic E-state index is 14.3. The van der Waals surface area contributed by atoms with Gasteiger partial charge in [0.1, 0.15) is 11.4 Å². The maximum atomic E-state index is 14.3. The molecule has 0 heterocycles. The number of halogens is 17. The van der Waals surface area contributed by atoms with Gasteiger partial charge in [-0.3, -0.25) is 10.1 Å². The number of nitro groups is 1. The minimum atomic E-state index is -7.69. The fourth-order valence-corrected chi connectivity index (χ4v) is 2.33. The maximum Gasteiger partial charge on any atom is 0.436 e. The summed E-state index contributed by atoms with van der Waals surface area (Å²) in [6.07, 6.45) is -30.7. The first-order valence-electron chi connectivity index (χ1n) is 6.80. The summed E-state index contributed by atoms with van der Waals surface area (Å²) in [5.74, 6) is -12.9. The highest BCUT2D eigenvalue weighted by molar-refractivity contribution is 5.53. The van der Waals surface area contributed by atoms with E-state index in [0.717, 1.165) is 0 Å². The SMILES string of the molecule is O=[N+]([O-])c1c(F)c(F)c(C(F)(C(F)(F)F)C(F)(F)F)c(F)c1C(F)(C(F)(F)F)C(F)(F)F. The van der Waals surface area contributed by atoms with Crippen LogP contribution in [0.15, 0.2) is 0 Å². The van der Waals surface area contributed by atoms with E-state index in [-0.39, 0.29) is 0 Å². The number of nitro benzene ring substituents is 1. The van der Waals surface area contributed by atoms with E-state index in [0.29, 0.717) is 0 Å². The Morgan fingerprint density at radius 3 is 1.03 bits per heavy atom. The van der Waals surface area contributed by atoms with Gasteiger partial charge in [0.25, 0.3) is 0 Å². The molecule has 0 aromatic heterocycles. The molecule has 0 aliphatic heterocycles. The largest absolute Gasteiger partial charge is 0.436 e. The molecular weight excluding hydrogens is 513 g/mol. The number of hydrogen-bond acceptors (Lipinski definition) is 2. The third kappa shape index (κ3) is 3.55. The van der Waals surface area contributed by atoms with Crippen molar-refractivity contribution in [2.75, 3.05) is 0 Å². The molecule has 1 rings (SSSR count). The molecule has 0 aliphatic rings. The average molecular weight is 513 g/mol. The first kappa shape index (κ1) is 27.5. The number of nitrogens with zero attached hydrogens (tertiary/aromatic N) is 1. The molecule has 0 bridgehead atoms. The molecule has 0 unspecified atom stereocenters. The smallest absolute Gasteiger partial charge is 0.258 e. The van der Waals surface area contributed by atoms with E-state index < -0.39 is 75.2 Å². The lowest BCUT2D eigenvalue weighted by molar-refractivity contribution is -0.397. The summed E-state index contributed by atoms with van der Waals surface area (Å²) in [5.41, 5.74) is -28.1. The molecule has 0 saturated carbocycles. The van der Waals surface area contributed by atoms with Gasteiger partial charge in [-0.15, -0.1) is 0 Å². The number of alkyl halides is 14. The van der Waals surface area contributed by atoms with Crippen molar-refractivity contribution in [1.82, 2.24) is 0 Å². The van der Waals surface area contributed by atoms with Crippen LogP contribution in [0.2, 0.25) is 0 Å². The molecule has 1 aromatic carbocycles. The second-order valence-electron chi connectivity index (χ2n) is 5.61. The Balaban J connectivity index is 4.60. The zero-order valence-electron chi connectivity index (χ0n) is 13.7. The van der Waals surface area contributed by atoms with Crippen molar-refractivity contribution in [3.63, 3.8) is 0 Å². The summed E-state index contributed by atoms with van der Waals surface area (Å²) in [6, 6.07) is 0. The van der Waals surface area contributed by atoms with Gasteiger partial charge in [0, 0.05) is 0 Å². The normalized spacial score (nSPS) is 14.7. The lowest BCUT2D eigenvalue weighted by Gasteiger charge is -2.34. The highest BCUT2D eigenvalue weighted by Gasteiger charge is 2.80. The fourth-order valence-electron chi connectivity index (χ4n) is 2.33. The van der Waals surface area contributed by atoms with E-state index in [1.165, 1.54) is 0 Å². The van der Waals surface area contributed by atoms with Gasteiger partial charge >= 0.3 is 41.7 Å². The average Bonchev–Trinajstić information content (AvgIpc) is 2.52. The topological polar surface area (TPSA) is 43.1 Å². The van der Waals surface area contributed by atoms with Gasteiger partial charge in [-0.1, -0.05) is 0 Å². The zero-order chi connectivity index (χ0) is 26.0. The molecule has 3 nitrogen and oxygen atoms in total. The lowest BCUT2D eigenvalue weighted by Crippen LogP contribution is -2.54. The van der Waals surface area contributed by atoms with Crippen molar-refractivity contribution in [1.29, 1.82) is 0 Å². The van der Waals surface area contributed by atoms with Crippen molar-refractivity contribution in [3.8, 4) is 0 Å². The zero-order valence-corrected chi connectivity index (χ0v) is 13.7. The summed E-state index contributed by atoms with van der Waals surface area (Å²) in [5, 5.41) is 10.6. The molecule has 0 fully saturated rings. The van der Waals surface area contributed by atoms with Crippen molar-refractivity contribution in [3.05, 3.63) is 38.7 Å². The molecule has 0 atom stereocenters. The number of benzene rings is 1. The predicted molar refractivity (Wildman–Crippen MR) is 62.8 cm³/mol. The summed E-state index contributed by atoms with van der Waals surface area (Å²) < 4.78 is 223. The molecule has 184 valence electrons. The summed E-state index contributed by atoms with van der Waals surface area (Å²) in [6.45, 7) is 0. The minimum absolute atomic E-state index is 2.91. The summed E-state index contributed by atoms with van der Waals surface area (Å²) >= 11 is 0. The van der Waals surface area contributed by atoms with Crippen LogP contribution in [-0.2, 0) is 11.3 Å². The van der Waals surface area contributed by atoms with Crippen LogP contribution >= 0.6 is 0 Å². The van der Waals surface area contributed by atoms with Crippen LogP contribution in [0.4, 0.5) is 80.3 Å². The third-order valence-electron chi connectivity index (χ3n) is 3.73. The summed E-state index contributed by atoms with van der Waals surface area (Å²) in [7, 11) is 0. The number of hydrogen-bond donors (Lipinski definition) is 0. The van der Waals surface area contributed by atoms with Crippen molar-refractivity contribution in [2.45, 2.75) is 36.0 Å². The van der Waals surface area contributed by atoms with E-state index in [2.05, 4.69) is 0 Å². The first-order valence-corrected chi connectivity index (χ1v) is 6.80. The van der Waals surface area contributed by atoms with E-state index in [1.54, 1.807) is 0 Å². The standard InChI is InChI=1S/C12F17NO2/c13-3-1(7(16,9(18,19)20)10(21,22)23)4(14)5(15)6(30(31)32)2(3)8(17,11(24,25)26)12(27,28)29. The van der Waals surface area contributed by atoms with Crippen molar-refractivity contribution < 1.29 is 79.6 Å². The Morgan fingerprint density at radius 1 is 0.500 bits per heavy atom. The van der Waals surface area contributed by atoms with Crippen molar-refractivity contribution in [2.24, 2.45) is 0 Å². The second kappa shape index (κ2) is 7.22. The molecule has 0 aliphatic carbocycles. The lowest BCUT2D eigenvalue weighted by atomic mass is 9.84. The van der Waals surface area contributed by atoms with Crippen LogP contribution in [0.5, 0.6) is 0 Å². The molecule has 0 saturated heterocycles. The Bertz CT molecular complexity index is 894. The van der Waals surface area contributed by atoms with Gasteiger partial charge in [-0.2, -0.15) is 57.1 Å². The van der Waals surface area contributed by atoms with Gasteiger partial charge < -0.3 is 0 Å². The summed E-state index contributed by atoms with van der Waals surface area (Å²) in [4.78, 5) is 7.69. The fraction of sp³-hybridized carbons (Fsp3) is 0.500. The minimum Gasteiger partial charge on any atom is -0.258 e. The van der Waals surface area contributed by atoms with Crippen LogP contribution in [0.3, 0.4) is 0 Å². The number of rotatable bonds is 3. The van der Waals surface area contributed by atoms with Crippen LogP contribution < -0.4 is 0 Å². The quantitative estimate of drug-likeness (QED) is 0.198. The Labute approximate surface area is 161 Å². The molecular formula is C12F17NO2. The second-order valence-corrected chi connectivity index (χ2v) is 5.61. The third-order valence-corrected chi connectivity index (χ3v) is 3.73. The van der Waals surface area contributed by atoms with Crippen LogP contribution in [0.25, 0.3) is 0 Å². The van der Waals surface area contributed by atoms with E-state index >= 15 is 0 Å². The van der Waals surface area contributed by atoms with Gasteiger partial charge in [0.2, 0.25) is 5.82 Å². The Kier molecular flexibility index (Phi) is 6.20. The Hall–Kier alpha value is -2.57. The van der Waals surface area contributed by atoms with Gasteiger partial charge in [-0.25, -0.2) is 17.6 Å². The molecule has 0 N–H and O–H groups in total. The highest BCUT2D eigenvalue weighted by atomic mass is 19.4. The van der Waals surface area contributed by atoms with Crippen LogP contribution in [0, 0.1) is 27.6 Å². The molecule has 20 heteroatoms. The van der Waals surface area contributed by atoms with Crippen LogP contribution in [-0.4, -0.2) is 29.6 Å². The predicted octanol–water partition coefficient (Wildman–Crippen LogP) is 6.59. The van der Waals surface area contributed by atoms with E-state index in [9.17, 15) is 84.8 Å². The van der Waals surface area contributed by atoms with Crippen molar-refractivity contribution >= 4 is 5.69 Å².